The van der Waals surface area contributed by atoms with E-state index in [1.165, 1.54) is 12.7 Å². The SMILES string of the molecule is Cc1cc(OCP(C)(=O)O)cc(C)c1Cc1ccc(O)c(NC(=O)OCc2ccccc2)c1. The monoisotopic (exact) mass is 469 g/mol. The van der Waals surface area contributed by atoms with E-state index >= 15 is 0 Å². The van der Waals surface area contributed by atoms with E-state index < -0.39 is 13.5 Å². The minimum absolute atomic E-state index is 0.0550. The summed E-state index contributed by atoms with van der Waals surface area (Å²) in [5.41, 5.74) is 5.03. The maximum atomic E-state index is 12.2. The molecule has 0 fully saturated rings. The zero-order chi connectivity index (χ0) is 24.0. The van der Waals surface area contributed by atoms with Crippen molar-refractivity contribution in [2.24, 2.45) is 0 Å². The number of carbonyl (C=O) groups is 1. The number of ether oxygens (including phenoxy) is 2. The lowest BCUT2D eigenvalue weighted by atomic mass is 9.95. The number of aromatic hydroxyl groups is 1. The Morgan fingerprint density at radius 1 is 1.00 bits per heavy atom. The maximum Gasteiger partial charge on any atom is 0.412 e. The van der Waals surface area contributed by atoms with Crippen molar-refractivity contribution in [3.63, 3.8) is 0 Å². The molecule has 0 saturated heterocycles. The quantitative estimate of drug-likeness (QED) is 0.294. The van der Waals surface area contributed by atoms with Crippen LogP contribution in [0, 0.1) is 13.8 Å². The molecule has 3 aromatic rings. The third-order valence-electron chi connectivity index (χ3n) is 5.03. The van der Waals surface area contributed by atoms with Crippen molar-refractivity contribution in [3.05, 3.63) is 88.5 Å². The van der Waals surface area contributed by atoms with Gasteiger partial charge in [-0.3, -0.25) is 9.88 Å². The van der Waals surface area contributed by atoms with E-state index in [9.17, 15) is 19.4 Å². The van der Waals surface area contributed by atoms with E-state index in [1.807, 2.05) is 56.3 Å². The number of rotatable bonds is 8. The van der Waals surface area contributed by atoms with Crippen molar-refractivity contribution < 1.29 is 28.8 Å². The first-order valence-electron chi connectivity index (χ1n) is 10.4. The fourth-order valence-corrected chi connectivity index (χ4v) is 3.77. The van der Waals surface area contributed by atoms with E-state index in [1.54, 1.807) is 12.1 Å². The summed E-state index contributed by atoms with van der Waals surface area (Å²) in [5.74, 6) is 0.486. The van der Waals surface area contributed by atoms with Gasteiger partial charge in [-0.2, -0.15) is 0 Å². The largest absolute Gasteiger partial charge is 0.506 e. The Kier molecular flexibility index (Phi) is 7.79. The summed E-state index contributed by atoms with van der Waals surface area (Å²) in [7, 11) is -3.26. The van der Waals surface area contributed by atoms with Crippen LogP contribution in [0.15, 0.2) is 60.7 Å². The molecular formula is C25H28NO6P. The van der Waals surface area contributed by atoms with Gasteiger partial charge in [0.1, 0.15) is 18.1 Å². The second-order valence-electron chi connectivity index (χ2n) is 8.08. The number of phenolic OH excluding ortho intramolecular Hbond substituents is 1. The third-order valence-corrected chi connectivity index (χ3v) is 5.64. The lowest BCUT2D eigenvalue weighted by molar-refractivity contribution is 0.155. The predicted molar refractivity (Wildman–Crippen MR) is 128 cm³/mol. The second kappa shape index (κ2) is 10.6. The lowest BCUT2D eigenvalue weighted by Crippen LogP contribution is -2.13. The molecule has 7 nitrogen and oxygen atoms in total. The normalized spacial score (nSPS) is 12.6. The predicted octanol–water partition coefficient (Wildman–Crippen LogP) is 5.59. The molecule has 8 heteroatoms. The van der Waals surface area contributed by atoms with Crippen molar-refractivity contribution in [1.82, 2.24) is 0 Å². The molecule has 0 bridgehead atoms. The molecule has 0 radical (unpaired) electrons. The molecule has 1 amide bonds. The topological polar surface area (TPSA) is 105 Å². The number of aryl methyl sites for hydroxylation is 2. The van der Waals surface area contributed by atoms with Crippen LogP contribution in [-0.2, 0) is 22.3 Å². The summed E-state index contributed by atoms with van der Waals surface area (Å²) in [5, 5.41) is 12.8. The van der Waals surface area contributed by atoms with Crippen LogP contribution >= 0.6 is 7.37 Å². The summed E-state index contributed by atoms with van der Waals surface area (Å²) in [4.78, 5) is 21.6. The number of benzene rings is 3. The van der Waals surface area contributed by atoms with Crippen LogP contribution < -0.4 is 10.1 Å². The highest BCUT2D eigenvalue weighted by Gasteiger charge is 2.14. The van der Waals surface area contributed by atoms with Crippen LogP contribution in [-0.4, -0.2) is 29.1 Å². The Bertz CT molecular complexity index is 1150. The van der Waals surface area contributed by atoms with Crippen LogP contribution in [0.5, 0.6) is 11.5 Å². The van der Waals surface area contributed by atoms with Crippen molar-refractivity contribution in [2.45, 2.75) is 26.9 Å². The Labute approximate surface area is 193 Å². The first-order chi connectivity index (χ1) is 15.6. The number of amides is 1. The van der Waals surface area contributed by atoms with E-state index in [0.717, 1.165) is 27.8 Å². The summed E-state index contributed by atoms with van der Waals surface area (Å²) in [6.07, 6.45) is -0.325. The molecule has 0 spiro atoms. The van der Waals surface area contributed by atoms with Crippen molar-refractivity contribution in [3.8, 4) is 11.5 Å². The fraction of sp³-hybridized carbons (Fsp3) is 0.240. The van der Waals surface area contributed by atoms with Crippen LogP contribution in [0.4, 0.5) is 10.5 Å². The average molecular weight is 469 g/mol. The van der Waals surface area contributed by atoms with Gasteiger partial charge < -0.3 is 19.5 Å². The Hall–Kier alpha value is -3.28. The van der Waals surface area contributed by atoms with E-state index in [-0.39, 0.29) is 24.4 Å². The maximum absolute atomic E-state index is 12.2. The first kappa shape index (κ1) is 24.4. The average Bonchev–Trinajstić information content (AvgIpc) is 2.76. The standard InChI is InChI=1S/C25H28NO6P/c1-17-11-21(32-16-33(3,29)30)12-18(2)22(17)13-20-9-10-24(27)23(14-20)26-25(28)31-15-19-7-5-4-6-8-19/h4-12,14,27H,13,15-16H2,1-3H3,(H,26,28)(H,29,30). The van der Waals surface area contributed by atoms with Gasteiger partial charge in [0.25, 0.3) is 0 Å². The number of phenols is 1. The molecule has 3 rings (SSSR count). The van der Waals surface area contributed by atoms with Crippen LogP contribution in [0.1, 0.15) is 27.8 Å². The Morgan fingerprint density at radius 3 is 2.30 bits per heavy atom. The van der Waals surface area contributed by atoms with Gasteiger partial charge in [0.05, 0.1) is 5.69 Å². The minimum atomic E-state index is -3.26. The summed E-state index contributed by atoms with van der Waals surface area (Å²) in [6, 6.07) is 18.0. The van der Waals surface area contributed by atoms with Crippen LogP contribution in [0.25, 0.3) is 0 Å². The van der Waals surface area contributed by atoms with Gasteiger partial charge in [-0.15, -0.1) is 0 Å². The Morgan fingerprint density at radius 2 is 1.67 bits per heavy atom. The molecule has 0 heterocycles. The highest BCUT2D eigenvalue weighted by atomic mass is 31.2. The molecule has 174 valence electrons. The zero-order valence-electron chi connectivity index (χ0n) is 18.9. The molecule has 0 saturated carbocycles. The van der Waals surface area contributed by atoms with E-state index in [4.69, 9.17) is 9.47 Å². The van der Waals surface area contributed by atoms with Crippen LogP contribution in [0.3, 0.4) is 0 Å². The van der Waals surface area contributed by atoms with E-state index in [2.05, 4.69) is 5.32 Å². The molecule has 3 N–H and O–H groups in total. The van der Waals surface area contributed by atoms with Gasteiger partial charge in [0, 0.05) is 6.66 Å². The summed E-state index contributed by atoms with van der Waals surface area (Å²) in [6.45, 7) is 5.28. The summed E-state index contributed by atoms with van der Waals surface area (Å²) < 4.78 is 22.2. The molecule has 0 aliphatic rings. The molecule has 3 aromatic carbocycles. The molecular weight excluding hydrogens is 441 g/mol. The van der Waals surface area contributed by atoms with Gasteiger partial charge in [0.2, 0.25) is 7.37 Å². The highest BCUT2D eigenvalue weighted by Crippen LogP contribution is 2.36. The van der Waals surface area contributed by atoms with Gasteiger partial charge in [-0.1, -0.05) is 36.4 Å². The molecule has 33 heavy (non-hydrogen) atoms. The minimum Gasteiger partial charge on any atom is -0.506 e. The van der Waals surface area contributed by atoms with Crippen molar-refractivity contribution in [2.75, 3.05) is 18.3 Å². The van der Waals surface area contributed by atoms with E-state index in [0.29, 0.717) is 12.2 Å². The second-order valence-corrected chi connectivity index (χ2v) is 10.4. The highest BCUT2D eigenvalue weighted by molar-refractivity contribution is 7.56. The van der Waals surface area contributed by atoms with Crippen molar-refractivity contribution >= 4 is 19.1 Å². The number of nitrogens with one attached hydrogen (secondary N) is 1. The van der Waals surface area contributed by atoms with Gasteiger partial charge in [-0.05, 0) is 72.4 Å². The van der Waals surface area contributed by atoms with Crippen molar-refractivity contribution in [1.29, 1.82) is 0 Å². The van der Waals surface area contributed by atoms with Gasteiger partial charge in [-0.25, -0.2) is 4.79 Å². The smallest absolute Gasteiger partial charge is 0.412 e. The van der Waals surface area contributed by atoms with Gasteiger partial charge >= 0.3 is 6.09 Å². The van der Waals surface area contributed by atoms with Crippen LogP contribution in [0.2, 0.25) is 0 Å². The molecule has 1 atom stereocenters. The molecule has 0 aliphatic carbocycles. The lowest BCUT2D eigenvalue weighted by Gasteiger charge is -2.15. The molecule has 0 aliphatic heterocycles. The first-order valence-corrected chi connectivity index (χ1v) is 12.7. The number of hydrogen-bond donors (Lipinski definition) is 3. The Balaban J connectivity index is 1.69. The summed E-state index contributed by atoms with van der Waals surface area (Å²) >= 11 is 0. The molecule has 1 unspecified atom stereocenters. The zero-order valence-corrected chi connectivity index (χ0v) is 19.8. The fourth-order valence-electron chi connectivity index (χ4n) is 3.38. The number of carbonyl (C=O) groups excluding carboxylic acids is 1. The third kappa shape index (κ3) is 7.38. The number of hydrogen-bond acceptors (Lipinski definition) is 5. The number of anilines is 1. The van der Waals surface area contributed by atoms with Gasteiger partial charge in [0.15, 0.2) is 6.35 Å². The molecule has 0 aromatic heterocycles.